The molecule has 2 aliphatic heterocycles. The largest absolute Gasteiger partial charge is 0.356 e. The van der Waals surface area contributed by atoms with Crippen molar-refractivity contribution >= 4 is 32.6 Å². The highest BCUT2D eigenvalue weighted by atomic mass is 32.1. The van der Waals surface area contributed by atoms with Gasteiger partial charge in [-0.3, -0.25) is 4.79 Å². The number of likely N-dealkylation sites (tertiary alicyclic amines) is 1. The fourth-order valence-corrected chi connectivity index (χ4v) is 6.48. The maximum atomic E-state index is 12.7. The Morgan fingerprint density at radius 3 is 2.74 bits per heavy atom. The van der Waals surface area contributed by atoms with Crippen molar-refractivity contribution < 1.29 is 4.79 Å². The molecule has 2 aromatic rings. The van der Waals surface area contributed by atoms with Crippen molar-refractivity contribution in [3.8, 4) is 0 Å². The lowest BCUT2D eigenvalue weighted by Gasteiger charge is -2.35. The van der Waals surface area contributed by atoms with Crippen LogP contribution in [-0.2, 0) is 4.79 Å². The van der Waals surface area contributed by atoms with Crippen molar-refractivity contribution in [1.29, 1.82) is 0 Å². The Morgan fingerprint density at radius 1 is 1.16 bits per heavy atom. The highest BCUT2D eigenvalue weighted by Gasteiger charge is 2.26. The third kappa shape index (κ3) is 5.40. The lowest BCUT2D eigenvalue weighted by Crippen LogP contribution is -2.42. The molecular weight excluding hydrogens is 404 g/mol. The number of carbonyl (C=O) groups is 1. The number of piperidine rings is 2. The summed E-state index contributed by atoms with van der Waals surface area (Å²) in [5, 5.41) is 4.32. The fourth-order valence-electron chi connectivity index (χ4n) is 5.28. The van der Waals surface area contributed by atoms with Gasteiger partial charge in [0.05, 0.1) is 10.2 Å². The van der Waals surface area contributed by atoms with E-state index in [2.05, 4.69) is 48.0 Å². The van der Waals surface area contributed by atoms with Gasteiger partial charge in [-0.25, -0.2) is 4.98 Å². The van der Waals surface area contributed by atoms with Crippen molar-refractivity contribution in [2.75, 3.05) is 37.6 Å². The van der Waals surface area contributed by atoms with Gasteiger partial charge in [-0.2, -0.15) is 0 Å². The zero-order valence-corrected chi connectivity index (χ0v) is 20.3. The summed E-state index contributed by atoms with van der Waals surface area (Å²) >= 11 is 1.78. The summed E-state index contributed by atoms with van der Waals surface area (Å²) in [6.45, 7) is 11.6. The van der Waals surface area contributed by atoms with E-state index in [1.807, 2.05) is 0 Å². The summed E-state index contributed by atoms with van der Waals surface area (Å²) in [7, 11) is 0. The molecule has 170 valence electrons. The summed E-state index contributed by atoms with van der Waals surface area (Å²) in [6.07, 6.45) is 8.20. The molecule has 5 nitrogen and oxygen atoms in total. The van der Waals surface area contributed by atoms with Crippen LogP contribution in [0, 0.1) is 19.8 Å². The van der Waals surface area contributed by atoms with Crippen LogP contribution < -0.4 is 10.2 Å². The maximum absolute atomic E-state index is 12.7. The zero-order valence-electron chi connectivity index (χ0n) is 19.5. The van der Waals surface area contributed by atoms with Gasteiger partial charge in [-0.05, 0) is 76.1 Å². The van der Waals surface area contributed by atoms with E-state index < -0.39 is 0 Å². The normalized spacial score (nSPS) is 21.0. The quantitative estimate of drug-likeness (QED) is 0.620. The first-order chi connectivity index (χ1) is 15.0. The molecule has 0 unspecified atom stereocenters. The second kappa shape index (κ2) is 10.3. The SMILES string of the molecule is CC[C@@H]1CCCCN1CCCNC(=O)C1CCN(c2nc3c(C)cc(C)cc3s2)CC1. The molecule has 4 rings (SSSR count). The highest BCUT2D eigenvalue weighted by Crippen LogP contribution is 2.33. The Hall–Kier alpha value is -1.66. The number of carbonyl (C=O) groups excluding carboxylic acids is 1. The van der Waals surface area contributed by atoms with Crippen LogP contribution in [0.5, 0.6) is 0 Å². The second-order valence-corrected chi connectivity index (χ2v) is 10.4. The summed E-state index contributed by atoms with van der Waals surface area (Å²) in [6, 6.07) is 5.19. The standard InChI is InChI=1S/C25H38N4OS/c1-4-21-8-5-6-12-28(21)13-7-11-26-24(30)20-9-14-29(15-10-20)25-27-23-19(3)16-18(2)17-22(23)31-25/h16-17,20-21H,4-15H2,1-3H3,(H,26,30)/t21-/m1/s1. The van der Waals surface area contributed by atoms with Crippen LogP contribution in [0.3, 0.4) is 0 Å². The first kappa shape index (κ1) is 22.5. The smallest absolute Gasteiger partial charge is 0.223 e. The minimum absolute atomic E-state index is 0.146. The molecule has 0 aliphatic carbocycles. The number of amides is 1. The Balaban J connectivity index is 1.21. The molecule has 3 heterocycles. The molecule has 1 amide bonds. The molecular formula is C25H38N4OS. The van der Waals surface area contributed by atoms with E-state index in [0.717, 1.165) is 62.1 Å². The predicted octanol–water partition coefficient (Wildman–Crippen LogP) is 4.90. The average Bonchev–Trinajstić information content (AvgIpc) is 3.21. The topological polar surface area (TPSA) is 48.5 Å². The summed E-state index contributed by atoms with van der Waals surface area (Å²) in [5.41, 5.74) is 3.67. The second-order valence-electron chi connectivity index (χ2n) is 9.42. The van der Waals surface area contributed by atoms with E-state index in [-0.39, 0.29) is 11.8 Å². The number of benzene rings is 1. The van der Waals surface area contributed by atoms with E-state index in [9.17, 15) is 4.79 Å². The molecule has 0 spiro atoms. The van der Waals surface area contributed by atoms with Gasteiger partial charge >= 0.3 is 0 Å². The van der Waals surface area contributed by atoms with Crippen LogP contribution in [0.25, 0.3) is 10.2 Å². The fraction of sp³-hybridized carbons (Fsp3) is 0.680. The van der Waals surface area contributed by atoms with E-state index in [0.29, 0.717) is 0 Å². The van der Waals surface area contributed by atoms with Crippen LogP contribution in [-0.4, -0.2) is 54.6 Å². The Bertz CT molecular complexity index is 887. The number of hydrogen-bond donors (Lipinski definition) is 1. The molecule has 1 N–H and O–H groups in total. The minimum atomic E-state index is 0.146. The molecule has 31 heavy (non-hydrogen) atoms. The number of thiazole rings is 1. The first-order valence-electron chi connectivity index (χ1n) is 12.2. The summed E-state index contributed by atoms with van der Waals surface area (Å²) in [5.74, 6) is 0.397. The number of nitrogens with zero attached hydrogens (tertiary/aromatic N) is 3. The van der Waals surface area contributed by atoms with Crippen molar-refractivity contribution in [2.45, 2.75) is 71.8 Å². The lowest BCUT2D eigenvalue weighted by atomic mass is 9.96. The average molecular weight is 443 g/mol. The zero-order chi connectivity index (χ0) is 21.8. The molecule has 1 aromatic heterocycles. The summed E-state index contributed by atoms with van der Waals surface area (Å²) < 4.78 is 1.27. The Morgan fingerprint density at radius 2 is 1.97 bits per heavy atom. The number of fused-ring (bicyclic) bond motifs is 1. The molecule has 0 saturated carbocycles. The van der Waals surface area contributed by atoms with Gasteiger partial charge in [0.1, 0.15) is 0 Å². The van der Waals surface area contributed by atoms with E-state index in [1.54, 1.807) is 11.3 Å². The highest BCUT2D eigenvalue weighted by molar-refractivity contribution is 7.22. The van der Waals surface area contributed by atoms with Crippen molar-refractivity contribution in [2.24, 2.45) is 5.92 Å². The van der Waals surface area contributed by atoms with Gasteiger partial charge in [0.15, 0.2) is 5.13 Å². The van der Waals surface area contributed by atoms with Crippen LogP contribution in [0.4, 0.5) is 5.13 Å². The van der Waals surface area contributed by atoms with Crippen LogP contribution >= 0.6 is 11.3 Å². The van der Waals surface area contributed by atoms with Crippen LogP contribution in [0.15, 0.2) is 12.1 Å². The molecule has 2 aliphatic rings. The van der Waals surface area contributed by atoms with E-state index in [1.165, 1.54) is 48.1 Å². The van der Waals surface area contributed by atoms with Gasteiger partial charge in [-0.1, -0.05) is 30.7 Å². The minimum Gasteiger partial charge on any atom is -0.356 e. The Labute approximate surface area is 191 Å². The van der Waals surface area contributed by atoms with Crippen molar-refractivity contribution in [3.05, 3.63) is 23.3 Å². The molecule has 2 fully saturated rings. The van der Waals surface area contributed by atoms with E-state index in [4.69, 9.17) is 4.98 Å². The number of nitrogens with one attached hydrogen (secondary N) is 1. The number of aromatic nitrogens is 1. The molecule has 6 heteroatoms. The Kier molecular flexibility index (Phi) is 7.49. The third-order valence-corrected chi connectivity index (χ3v) is 8.16. The van der Waals surface area contributed by atoms with E-state index >= 15 is 0 Å². The molecule has 0 radical (unpaired) electrons. The number of rotatable bonds is 7. The van der Waals surface area contributed by atoms with Gasteiger partial charge in [-0.15, -0.1) is 0 Å². The number of hydrogen-bond acceptors (Lipinski definition) is 5. The maximum Gasteiger partial charge on any atom is 0.223 e. The predicted molar refractivity (Wildman–Crippen MR) is 131 cm³/mol. The summed E-state index contributed by atoms with van der Waals surface area (Å²) in [4.78, 5) is 22.6. The van der Waals surface area contributed by atoms with Crippen molar-refractivity contribution in [1.82, 2.24) is 15.2 Å². The van der Waals surface area contributed by atoms with Gasteiger partial charge in [0.2, 0.25) is 5.91 Å². The molecule has 0 bridgehead atoms. The van der Waals surface area contributed by atoms with Gasteiger partial charge < -0.3 is 15.1 Å². The molecule has 1 atom stereocenters. The third-order valence-electron chi connectivity index (χ3n) is 7.10. The van der Waals surface area contributed by atoms with Crippen LogP contribution in [0.1, 0.15) is 63.0 Å². The van der Waals surface area contributed by atoms with Gasteiger partial charge in [0.25, 0.3) is 0 Å². The first-order valence-corrected chi connectivity index (χ1v) is 13.0. The molecule has 1 aromatic carbocycles. The lowest BCUT2D eigenvalue weighted by molar-refractivity contribution is -0.125. The van der Waals surface area contributed by atoms with Crippen molar-refractivity contribution in [3.63, 3.8) is 0 Å². The van der Waals surface area contributed by atoms with Gasteiger partial charge in [0, 0.05) is 38.1 Å². The number of aryl methyl sites for hydroxylation is 2. The monoisotopic (exact) mass is 442 g/mol. The molecule has 2 saturated heterocycles. The number of anilines is 1. The van der Waals surface area contributed by atoms with Crippen LogP contribution in [0.2, 0.25) is 0 Å².